The number of fused-ring (bicyclic) bond motifs is 3. The van der Waals surface area contributed by atoms with Crippen LogP contribution in [0.2, 0.25) is 0 Å². The Morgan fingerprint density at radius 3 is 1.22 bits per heavy atom. The Hall–Kier alpha value is -3.38. The summed E-state index contributed by atoms with van der Waals surface area (Å²) in [5.74, 6) is 0. The van der Waals surface area contributed by atoms with Gasteiger partial charge in [-0.1, -0.05) is 72.8 Å². The summed E-state index contributed by atoms with van der Waals surface area (Å²) in [4.78, 5) is 9.81. The highest BCUT2D eigenvalue weighted by Crippen LogP contribution is 2.36. The zero-order valence-electron chi connectivity index (χ0n) is 19.3. The summed E-state index contributed by atoms with van der Waals surface area (Å²) >= 11 is -5.72. The van der Waals surface area contributed by atoms with Gasteiger partial charge in [-0.05, 0) is 48.2 Å². The predicted molar refractivity (Wildman–Crippen MR) is 140 cm³/mol. The first-order chi connectivity index (χ1) is 17.2. The Bertz CT molecular complexity index is 1410. The van der Waals surface area contributed by atoms with E-state index >= 15 is 0 Å². The van der Waals surface area contributed by atoms with Crippen LogP contribution in [0.5, 0.6) is 0 Å². The summed E-state index contributed by atoms with van der Waals surface area (Å²) in [6.07, 6.45) is 0. The molecule has 5 aromatic rings. The predicted octanol–water partition coefficient (Wildman–Crippen LogP) is 5.41. The molecule has 2 N–H and O–H groups in total. The fourth-order valence-corrected chi connectivity index (χ4v) is 3.94. The van der Waals surface area contributed by atoms with Gasteiger partial charge < -0.3 is 18.2 Å². The van der Waals surface area contributed by atoms with Gasteiger partial charge in [0.15, 0.2) is 0 Å². The van der Waals surface area contributed by atoms with Crippen molar-refractivity contribution in [3.8, 4) is 22.3 Å². The van der Waals surface area contributed by atoms with Crippen LogP contribution in [-0.4, -0.2) is 36.6 Å². The van der Waals surface area contributed by atoms with E-state index in [0.29, 0.717) is 0 Å². The van der Waals surface area contributed by atoms with Gasteiger partial charge in [0.05, 0.1) is 33.8 Å². The first-order valence-corrected chi connectivity index (χ1v) is 12.6. The first-order valence-electron chi connectivity index (χ1n) is 10.6. The van der Waals surface area contributed by atoms with Crippen molar-refractivity contribution in [2.75, 3.05) is 0 Å². The lowest BCUT2D eigenvalue weighted by molar-refractivity contribution is 0.434. The number of pyridine rings is 2. The van der Waals surface area contributed by atoms with Gasteiger partial charge in [0.25, 0.3) is 0 Å². The Morgan fingerprint density at radius 2 is 0.917 bits per heavy atom. The van der Waals surface area contributed by atoms with Gasteiger partial charge >= 0.3 is 0 Å². The Morgan fingerprint density at radius 1 is 0.611 bits per heavy atom. The van der Waals surface area contributed by atoms with Crippen LogP contribution >= 0.6 is 0 Å². The van der Waals surface area contributed by atoms with Gasteiger partial charge in [-0.2, -0.15) is 0 Å². The van der Waals surface area contributed by atoms with E-state index in [0.717, 1.165) is 33.2 Å². The summed E-state index contributed by atoms with van der Waals surface area (Å²) in [5, 5.41) is 2.28. The van der Waals surface area contributed by atoms with E-state index in [1.54, 1.807) is 0 Å². The first kappa shape index (κ1) is 27.2. The summed E-state index contributed by atoms with van der Waals surface area (Å²) in [5.41, 5.74) is 8.76. The van der Waals surface area contributed by atoms with E-state index < -0.39 is 22.7 Å². The standard InChI is InChI=1S/C26H20N2.2H2O3S/c1-17-15-23(19-9-5-3-6-10-19)21-13-14-22-24(20-11-7-4-8-12-20)16-18(2)28-26(22)25(21)27-17;2*1-4(2)3/h3-16H,1-2H3;2*(H2,1,2,3)/p-2. The number of hydrogen-bond acceptors (Lipinski definition) is 6. The third kappa shape index (κ3) is 7.08. The summed E-state index contributed by atoms with van der Waals surface area (Å²) < 4.78 is 48.2. The summed E-state index contributed by atoms with van der Waals surface area (Å²) in [6.45, 7) is 4.11. The molecule has 2 atom stereocenters. The maximum absolute atomic E-state index is 8.56. The minimum absolute atomic E-state index is 0.970. The lowest BCUT2D eigenvalue weighted by Gasteiger charge is -2.13. The van der Waals surface area contributed by atoms with Crippen molar-refractivity contribution in [1.29, 1.82) is 0 Å². The highest BCUT2D eigenvalue weighted by atomic mass is 32.2. The number of hydrogen-bond donors (Lipinski definition) is 2. The molecule has 2 heterocycles. The van der Waals surface area contributed by atoms with Crippen molar-refractivity contribution < 1.29 is 26.6 Å². The third-order valence-corrected chi connectivity index (χ3v) is 5.18. The SMILES string of the molecule is Cc1cc(-c2ccccc2)c2ccc3c(-c4ccccc4)cc(C)nc3c2n1.O=S([O-])O.O=S([O-])O. The van der Waals surface area contributed by atoms with Crippen LogP contribution in [0.15, 0.2) is 84.9 Å². The van der Waals surface area contributed by atoms with Crippen LogP contribution in [0.1, 0.15) is 11.4 Å². The van der Waals surface area contributed by atoms with Gasteiger partial charge in [-0.15, -0.1) is 0 Å². The number of aromatic nitrogens is 2. The lowest BCUT2D eigenvalue weighted by Crippen LogP contribution is -1.94. The molecular weight excluding hydrogens is 500 g/mol. The van der Waals surface area contributed by atoms with Crippen molar-refractivity contribution >= 4 is 44.5 Å². The summed E-state index contributed by atoms with van der Waals surface area (Å²) in [6, 6.07) is 29.7. The quantitative estimate of drug-likeness (QED) is 0.231. The summed E-state index contributed by atoms with van der Waals surface area (Å²) in [7, 11) is 0. The molecule has 0 aliphatic rings. The second-order valence-corrected chi connectivity index (χ2v) is 8.52. The minimum atomic E-state index is -2.86. The van der Waals surface area contributed by atoms with Crippen molar-refractivity contribution in [3.05, 3.63) is 96.3 Å². The molecule has 186 valence electrons. The highest BCUT2D eigenvalue weighted by Gasteiger charge is 2.14. The fourth-order valence-electron chi connectivity index (χ4n) is 3.94. The van der Waals surface area contributed by atoms with E-state index in [1.807, 2.05) is 12.1 Å². The molecule has 0 saturated carbocycles. The lowest BCUT2D eigenvalue weighted by atomic mass is 9.95. The topological polar surface area (TPSA) is 146 Å². The van der Waals surface area contributed by atoms with Gasteiger partial charge in [-0.25, -0.2) is 8.42 Å². The normalized spacial score (nSPS) is 12.2. The third-order valence-electron chi connectivity index (χ3n) is 5.18. The van der Waals surface area contributed by atoms with Crippen LogP contribution < -0.4 is 0 Å². The van der Waals surface area contributed by atoms with E-state index in [1.165, 1.54) is 22.3 Å². The van der Waals surface area contributed by atoms with Crippen molar-refractivity contribution in [2.24, 2.45) is 0 Å². The smallest absolute Gasteiger partial charge is 0.0974 e. The molecule has 10 heteroatoms. The highest BCUT2D eigenvalue weighted by molar-refractivity contribution is 7.73. The zero-order valence-corrected chi connectivity index (χ0v) is 21.0. The molecule has 0 bridgehead atoms. The van der Waals surface area contributed by atoms with Crippen LogP contribution in [-0.2, 0) is 22.7 Å². The van der Waals surface area contributed by atoms with Crippen LogP contribution in [0.3, 0.4) is 0 Å². The zero-order chi connectivity index (χ0) is 26.2. The second kappa shape index (κ2) is 12.5. The minimum Gasteiger partial charge on any atom is -0.750 e. The van der Waals surface area contributed by atoms with E-state index in [2.05, 4.69) is 86.6 Å². The van der Waals surface area contributed by atoms with Crippen LogP contribution in [0, 0.1) is 13.8 Å². The maximum atomic E-state index is 8.56. The monoisotopic (exact) mass is 522 g/mol. The average Bonchev–Trinajstić information content (AvgIpc) is 2.83. The Kier molecular flexibility index (Phi) is 9.48. The van der Waals surface area contributed by atoms with Crippen LogP contribution in [0.4, 0.5) is 0 Å². The van der Waals surface area contributed by atoms with Gasteiger partial charge in [-0.3, -0.25) is 9.97 Å². The number of rotatable bonds is 2. The molecule has 8 nitrogen and oxygen atoms in total. The largest absolute Gasteiger partial charge is 0.750 e. The van der Waals surface area contributed by atoms with E-state index in [4.69, 9.17) is 36.6 Å². The van der Waals surface area contributed by atoms with E-state index in [-0.39, 0.29) is 0 Å². The molecule has 2 unspecified atom stereocenters. The second-order valence-electron chi connectivity index (χ2n) is 7.65. The Balaban J connectivity index is 0.000000398. The number of benzene rings is 3. The molecular formula is C26H22N2O6S2-2. The van der Waals surface area contributed by atoms with Gasteiger partial charge in [0, 0.05) is 22.2 Å². The molecule has 0 spiro atoms. The van der Waals surface area contributed by atoms with Gasteiger partial charge in [0.2, 0.25) is 0 Å². The molecule has 2 aromatic heterocycles. The van der Waals surface area contributed by atoms with Crippen molar-refractivity contribution in [3.63, 3.8) is 0 Å². The maximum Gasteiger partial charge on any atom is 0.0974 e. The molecule has 0 fully saturated rings. The molecule has 0 aliphatic carbocycles. The molecule has 0 aliphatic heterocycles. The average molecular weight is 523 g/mol. The molecule has 0 radical (unpaired) electrons. The molecule has 36 heavy (non-hydrogen) atoms. The van der Waals surface area contributed by atoms with Gasteiger partial charge in [0.1, 0.15) is 0 Å². The Labute approximate surface area is 213 Å². The molecule has 0 amide bonds. The number of nitrogens with zero attached hydrogens (tertiary/aromatic N) is 2. The van der Waals surface area contributed by atoms with Crippen molar-refractivity contribution in [1.82, 2.24) is 9.97 Å². The molecule has 3 aromatic carbocycles. The van der Waals surface area contributed by atoms with Crippen molar-refractivity contribution in [2.45, 2.75) is 13.8 Å². The fraction of sp³-hybridized carbons (Fsp3) is 0.0769. The molecule has 5 rings (SSSR count). The number of aryl methyl sites for hydroxylation is 2. The van der Waals surface area contributed by atoms with Crippen LogP contribution in [0.25, 0.3) is 44.1 Å². The van der Waals surface area contributed by atoms with E-state index in [9.17, 15) is 0 Å². The molecule has 0 saturated heterocycles.